The number of aromatic amines is 1. The topological polar surface area (TPSA) is 105 Å². The number of phenols is 1. The first-order chi connectivity index (χ1) is 10.5. The van der Waals surface area contributed by atoms with E-state index in [0.717, 1.165) is 0 Å². The first-order valence-electron chi connectivity index (χ1n) is 6.41. The van der Waals surface area contributed by atoms with Gasteiger partial charge in [-0.15, -0.1) is 0 Å². The van der Waals surface area contributed by atoms with Crippen LogP contribution in [0.15, 0.2) is 46.1 Å². The number of H-pyrrole nitrogens is 1. The molecule has 1 aromatic carbocycles. The van der Waals surface area contributed by atoms with Crippen LogP contribution in [0.3, 0.4) is 0 Å². The summed E-state index contributed by atoms with van der Waals surface area (Å²) in [6, 6.07) is 7.46. The van der Waals surface area contributed by atoms with Crippen molar-refractivity contribution < 1.29 is 9.90 Å². The van der Waals surface area contributed by atoms with Gasteiger partial charge in [-0.25, -0.2) is 9.78 Å². The van der Waals surface area contributed by atoms with Gasteiger partial charge in [-0.2, -0.15) is 0 Å². The van der Waals surface area contributed by atoms with Crippen molar-refractivity contribution >= 4 is 16.8 Å². The Hall–Kier alpha value is -3.22. The molecule has 0 saturated carbocycles. The van der Waals surface area contributed by atoms with Crippen molar-refractivity contribution in [1.82, 2.24) is 14.5 Å². The molecule has 2 aromatic heterocycles. The van der Waals surface area contributed by atoms with Crippen molar-refractivity contribution in [2.24, 2.45) is 7.05 Å². The number of hydrogen-bond donors (Lipinski definition) is 2. The van der Waals surface area contributed by atoms with Crippen LogP contribution in [0, 0.1) is 0 Å². The highest BCUT2D eigenvalue weighted by Crippen LogP contribution is 2.20. The van der Waals surface area contributed by atoms with E-state index in [9.17, 15) is 19.5 Å². The smallest absolute Gasteiger partial charge is 0.329 e. The Kier molecular flexibility index (Phi) is 3.10. The summed E-state index contributed by atoms with van der Waals surface area (Å²) >= 11 is 0. The molecular weight excluding hydrogens is 286 g/mol. The molecule has 0 fully saturated rings. The Labute approximate surface area is 123 Å². The minimum absolute atomic E-state index is 0.116. The highest BCUT2D eigenvalue weighted by Gasteiger charge is 2.15. The first kappa shape index (κ1) is 13.7. The molecule has 0 radical (unpaired) electrons. The summed E-state index contributed by atoms with van der Waals surface area (Å²) in [5.41, 5.74) is -0.743. The molecular formula is C15H11N3O4. The molecule has 2 N–H and O–H groups in total. The molecule has 3 aromatic rings. The maximum absolute atomic E-state index is 12.4. The van der Waals surface area contributed by atoms with Gasteiger partial charge in [-0.1, -0.05) is 12.1 Å². The van der Waals surface area contributed by atoms with Gasteiger partial charge in [0.2, 0.25) is 0 Å². The third-order valence-electron chi connectivity index (χ3n) is 3.36. The lowest BCUT2D eigenvalue weighted by atomic mass is 10.0. The number of benzene rings is 1. The highest BCUT2D eigenvalue weighted by molar-refractivity contribution is 6.11. The minimum Gasteiger partial charge on any atom is -0.507 e. The van der Waals surface area contributed by atoms with Crippen molar-refractivity contribution in [2.75, 3.05) is 0 Å². The molecule has 0 amide bonds. The summed E-state index contributed by atoms with van der Waals surface area (Å²) in [6.45, 7) is 0. The van der Waals surface area contributed by atoms with Crippen LogP contribution >= 0.6 is 0 Å². The van der Waals surface area contributed by atoms with Crippen LogP contribution in [0.25, 0.3) is 11.0 Å². The number of aromatic hydroxyl groups is 1. The summed E-state index contributed by atoms with van der Waals surface area (Å²) in [4.78, 5) is 41.9. The van der Waals surface area contributed by atoms with Gasteiger partial charge in [-0.05, 0) is 18.2 Å². The SMILES string of the molecule is Cn1c(=O)[nH]c(=O)c2cc(C(=O)c3ccccc3O)cnc21. The number of ketones is 1. The number of nitrogens with zero attached hydrogens (tertiary/aromatic N) is 2. The number of carbonyl (C=O) groups excluding carboxylic acids is 1. The van der Waals surface area contributed by atoms with E-state index in [0.29, 0.717) is 0 Å². The van der Waals surface area contributed by atoms with Crippen LogP contribution in [-0.2, 0) is 7.05 Å². The van der Waals surface area contributed by atoms with E-state index in [2.05, 4.69) is 9.97 Å². The monoisotopic (exact) mass is 297 g/mol. The third kappa shape index (κ3) is 2.08. The van der Waals surface area contributed by atoms with Crippen molar-refractivity contribution in [2.45, 2.75) is 0 Å². The molecule has 3 rings (SSSR count). The molecule has 0 saturated heterocycles. The maximum atomic E-state index is 12.4. The lowest BCUT2D eigenvalue weighted by Gasteiger charge is -2.06. The molecule has 0 aliphatic heterocycles. The van der Waals surface area contributed by atoms with Gasteiger partial charge in [-0.3, -0.25) is 19.1 Å². The second kappa shape index (κ2) is 4.96. The second-order valence-electron chi connectivity index (χ2n) is 4.76. The Morgan fingerprint density at radius 1 is 1.27 bits per heavy atom. The molecule has 7 heteroatoms. The Morgan fingerprint density at radius 2 is 2.00 bits per heavy atom. The average Bonchev–Trinajstić information content (AvgIpc) is 2.52. The number of aromatic nitrogens is 3. The van der Waals surface area contributed by atoms with Crippen LogP contribution in [0.4, 0.5) is 0 Å². The van der Waals surface area contributed by atoms with Gasteiger partial charge in [0.05, 0.1) is 10.9 Å². The van der Waals surface area contributed by atoms with Crippen molar-refractivity contribution in [1.29, 1.82) is 0 Å². The predicted molar refractivity (Wildman–Crippen MR) is 79.1 cm³/mol. The normalized spacial score (nSPS) is 10.8. The lowest BCUT2D eigenvalue weighted by Crippen LogP contribution is -2.29. The Bertz CT molecular complexity index is 1020. The number of hydrogen-bond acceptors (Lipinski definition) is 5. The number of rotatable bonds is 2. The maximum Gasteiger partial charge on any atom is 0.329 e. The minimum atomic E-state index is -0.613. The van der Waals surface area contributed by atoms with Gasteiger partial charge in [0, 0.05) is 18.8 Å². The fraction of sp³-hybridized carbons (Fsp3) is 0.0667. The molecule has 0 spiro atoms. The number of pyridine rings is 1. The number of carbonyl (C=O) groups is 1. The van der Waals surface area contributed by atoms with E-state index in [1.54, 1.807) is 12.1 Å². The number of para-hydroxylation sites is 1. The molecule has 0 aliphatic carbocycles. The molecule has 0 aliphatic rings. The Morgan fingerprint density at radius 3 is 2.73 bits per heavy atom. The van der Waals surface area contributed by atoms with E-state index in [1.165, 1.54) is 36.0 Å². The largest absolute Gasteiger partial charge is 0.507 e. The molecule has 0 bridgehead atoms. The number of phenolic OH excluding ortho intramolecular Hbond substituents is 1. The van der Waals surface area contributed by atoms with Crippen LogP contribution in [0.1, 0.15) is 15.9 Å². The summed E-state index contributed by atoms with van der Waals surface area (Å²) in [5, 5.41) is 9.86. The zero-order valence-corrected chi connectivity index (χ0v) is 11.5. The van der Waals surface area contributed by atoms with Gasteiger partial charge < -0.3 is 5.11 Å². The van der Waals surface area contributed by atoms with Gasteiger partial charge in [0.1, 0.15) is 11.4 Å². The average molecular weight is 297 g/mol. The first-order valence-corrected chi connectivity index (χ1v) is 6.41. The van der Waals surface area contributed by atoms with Crippen LogP contribution in [0.5, 0.6) is 5.75 Å². The van der Waals surface area contributed by atoms with Crippen molar-refractivity contribution in [3.05, 3.63) is 68.5 Å². The fourth-order valence-electron chi connectivity index (χ4n) is 2.18. The van der Waals surface area contributed by atoms with E-state index in [1.807, 2.05) is 0 Å². The molecule has 0 unspecified atom stereocenters. The molecule has 7 nitrogen and oxygen atoms in total. The molecule has 0 atom stereocenters. The second-order valence-corrected chi connectivity index (χ2v) is 4.76. The number of aryl methyl sites for hydroxylation is 1. The third-order valence-corrected chi connectivity index (χ3v) is 3.36. The molecule has 110 valence electrons. The summed E-state index contributed by atoms with van der Waals surface area (Å²) < 4.78 is 1.19. The van der Waals surface area contributed by atoms with Crippen molar-refractivity contribution in [3.63, 3.8) is 0 Å². The summed E-state index contributed by atoms with van der Waals surface area (Å²) in [5.74, 6) is -0.609. The van der Waals surface area contributed by atoms with Crippen LogP contribution < -0.4 is 11.2 Å². The van der Waals surface area contributed by atoms with Crippen LogP contribution in [0.2, 0.25) is 0 Å². The van der Waals surface area contributed by atoms with E-state index in [4.69, 9.17) is 0 Å². The quantitative estimate of drug-likeness (QED) is 0.672. The van der Waals surface area contributed by atoms with E-state index < -0.39 is 17.0 Å². The van der Waals surface area contributed by atoms with Crippen LogP contribution in [-0.4, -0.2) is 25.4 Å². The van der Waals surface area contributed by atoms with Gasteiger partial charge in [0.25, 0.3) is 5.56 Å². The molecule has 22 heavy (non-hydrogen) atoms. The zero-order valence-electron chi connectivity index (χ0n) is 11.5. The van der Waals surface area contributed by atoms with Crippen molar-refractivity contribution in [3.8, 4) is 5.75 Å². The highest BCUT2D eigenvalue weighted by atomic mass is 16.3. The predicted octanol–water partition coefficient (Wildman–Crippen LogP) is 0.558. The van der Waals surface area contributed by atoms with Gasteiger partial charge in [0.15, 0.2) is 5.78 Å². The number of fused-ring (bicyclic) bond motifs is 1. The summed E-state index contributed by atoms with van der Waals surface area (Å²) in [7, 11) is 1.47. The Balaban J connectivity index is 2.22. The fourth-order valence-corrected chi connectivity index (χ4v) is 2.18. The zero-order chi connectivity index (χ0) is 15.9. The van der Waals surface area contributed by atoms with Gasteiger partial charge >= 0.3 is 5.69 Å². The van der Waals surface area contributed by atoms with E-state index in [-0.39, 0.29) is 27.9 Å². The molecule has 2 heterocycles. The summed E-state index contributed by atoms with van der Waals surface area (Å²) in [6.07, 6.45) is 1.27. The standard InChI is InChI=1S/C15H11N3O4/c1-18-13-10(14(21)17-15(18)22)6-8(7-16-13)12(20)9-4-2-3-5-11(9)19/h2-7,19H,1H3,(H,17,21,22). The number of nitrogens with one attached hydrogen (secondary N) is 1. The lowest BCUT2D eigenvalue weighted by molar-refractivity contribution is 0.103. The van der Waals surface area contributed by atoms with E-state index >= 15 is 0 Å².